The number of nitro benzene ring substituents is 1. The summed E-state index contributed by atoms with van der Waals surface area (Å²) in [6.07, 6.45) is 2.17. The van der Waals surface area contributed by atoms with Crippen molar-refractivity contribution in [3.8, 4) is 11.3 Å². The van der Waals surface area contributed by atoms with E-state index in [1.54, 1.807) is 0 Å². The fourth-order valence-corrected chi connectivity index (χ4v) is 1.77. The Hall–Kier alpha value is -2.60. The van der Waals surface area contributed by atoms with Gasteiger partial charge in [-0.2, -0.15) is 0 Å². The molecule has 0 atom stereocenters. The first-order valence-corrected chi connectivity index (χ1v) is 5.80. The van der Waals surface area contributed by atoms with Crippen LogP contribution >= 0.6 is 11.6 Å². The minimum atomic E-state index is -1.11. The lowest BCUT2D eigenvalue weighted by atomic mass is 10.1. The molecule has 7 heteroatoms. The van der Waals surface area contributed by atoms with E-state index >= 15 is 0 Å². The average Bonchev–Trinajstić information content (AvgIpc) is 2.84. The first-order chi connectivity index (χ1) is 9.47. The van der Waals surface area contributed by atoms with Crippen LogP contribution in [0.4, 0.5) is 5.69 Å². The summed E-state index contributed by atoms with van der Waals surface area (Å²) in [7, 11) is 0. The van der Waals surface area contributed by atoms with Gasteiger partial charge in [-0.05, 0) is 30.3 Å². The zero-order valence-electron chi connectivity index (χ0n) is 9.95. The van der Waals surface area contributed by atoms with Crippen LogP contribution in [0.25, 0.3) is 17.4 Å². The number of benzene rings is 1. The van der Waals surface area contributed by atoms with Gasteiger partial charge in [-0.1, -0.05) is 11.6 Å². The highest BCUT2D eigenvalue weighted by Crippen LogP contribution is 2.33. The zero-order chi connectivity index (χ0) is 14.7. The van der Waals surface area contributed by atoms with E-state index in [9.17, 15) is 14.9 Å². The number of carbonyl (C=O) groups is 1. The molecule has 0 radical (unpaired) electrons. The highest BCUT2D eigenvalue weighted by molar-refractivity contribution is 6.30. The highest BCUT2D eigenvalue weighted by atomic mass is 35.5. The van der Waals surface area contributed by atoms with Crippen LogP contribution in [0.1, 0.15) is 5.76 Å². The first kappa shape index (κ1) is 13.8. The molecule has 0 spiro atoms. The summed E-state index contributed by atoms with van der Waals surface area (Å²) >= 11 is 5.73. The Balaban J connectivity index is 2.42. The number of carboxylic acid groups (broad SMARTS) is 1. The molecule has 1 N–H and O–H groups in total. The molecule has 0 saturated carbocycles. The lowest BCUT2D eigenvalue weighted by molar-refractivity contribution is -0.384. The Morgan fingerprint density at radius 2 is 2.10 bits per heavy atom. The number of aliphatic carboxylic acids is 1. The molecule has 2 rings (SSSR count). The third-order valence-corrected chi connectivity index (χ3v) is 2.67. The number of nitro groups is 1. The molecular formula is C13H8ClNO5. The molecule has 0 saturated heterocycles. The number of hydrogen-bond acceptors (Lipinski definition) is 4. The Bertz CT molecular complexity index is 705. The van der Waals surface area contributed by atoms with Crippen molar-refractivity contribution in [2.75, 3.05) is 0 Å². The van der Waals surface area contributed by atoms with Gasteiger partial charge in [-0.15, -0.1) is 0 Å². The predicted octanol–water partition coefficient (Wildman–Crippen LogP) is 3.61. The first-order valence-electron chi connectivity index (χ1n) is 5.42. The van der Waals surface area contributed by atoms with E-state index in [-0.39, 0.29) is 27.8 Å². The van der Waals surface area contributed by atoms with Crippen molar-refractivity contribution in [1.29, 1.82) is 0 Å². The van der Waals surface area contributed by atoms with Gasteiger partial charge in [0.05, 0.1) is 10.5 Å². The maximum Gasteiger partial charge on any atom is 0.328 e. The molecule has 1 aromatic carbocycles. The number of nitrogens with zero attached hydrogens (tertiary/aromatic N) is 1. The minimum absolute atomic E-state index is 0.180. The Morgan fingerprint density at radius 1 is 1.35 bits per heavy atom. The Kier molecular flexibility index (Phi) is 3.86. The van der Waals surface area contributed by atoms with E-state index in [1.807, 2.05) is 0 Å². The van der Waals surface area contributed by atoms with Gasteiger partial charge in [0.25, 0.3) is 5.69 Å². The van der Waals surface area contributed by atoms with Crippen molar-refractivity contribution in [3.05, 3.63) is 57.3 Å². The number of halogens is 1. The number of hydrogen-bond donors (Lipinski definition) is 1. The summed E-state index contributed by atoms with van der Waals surface area (Å²) in [6, 6.07) is 7.26. The summed E-state index contributed by atoms with van der Waals surface area (Å²) in [6.45, 7) is 0. The van der Waals surface area contributed by atoms with Crippen molar-refractivity contribution in [2.24, 2.45) is 0 Å². The summed E-state index contributed by atoms with van der Waals surface area (Å²) in [5.41, 5.74) is 0.0926. The lowest BCUT2D eigenvalue weighted by Gasteiger charge is -2.00. The maximum absolute atomic E-state index is 11.0. The summed E-state index contributed by atoms with van der Waals surface area (Å²) in [4.78, 5) is 20.8. The average molecular weight is 294 g/mol. The molecule has 0 fully saturated rings. The molecule has 1 aromatic heterocycles. The van der Waals surface area contributed by atoms with Crippen molar-refractivity contribution < 1.29 is 19.2 Å². The number of carboxylic acids is 1. The van der Waals surface area contributed by atoms with Crippen molar-refractivity contribution >= 4 is 29.3 Å². The highest BCUT2D eigenvalue weighted by Gasteiger charge is 2.18. The van der Waals surface area contributed by atoms with Crippen LogP contribution in [0.3, 0.4) is 0 Å². The van der Waals surface area contributed by atoms with E-state index in [1.165, 1.54) is 36.4 Å². The summed E-state index contributed by atoms with van der Waals surface area (Å²) in [5.74, 6) is -0.564. The van der Waals surface area contributed by atoms with E-state index < -0.39 is 10.9 Å². The third-order valence-electron chi connectivity index (χ3n) is 2.44. The maximum atomic E-state index is 11.0. The van der Waals surface area contributed by atoms with Crippen LogP contribution in [-0.4, -0.2) is 16.0 Å². The Morgan fingerprint density at radius 3 is 2.75 bits per heavy atom. The van der Waals surface area contributed by atoms with Crippen molar-refractivity contribution in [2.45, 2.75) is 0 Å². The van der Waals surface area contributed by atoms with Gasteiger partial charge in [0, 0.05) is 17.2 Å². The van der Waals surface area contributed by atoms with Gasteiger partial charge in [0.1, 0.15) is 11.5 Å². The second kappa shape index (κ2) is 5.58. The Labute approximate surface area is 118 Å². The van der Waals surface area contributed by atoms with Gasteiger partial charge >= 0.3 is 5.97 Å². The summed E-state index contributed by atoms with van der Waals surface area (Å²) in [5, 5.41) is 19.7. The normalized spacial score (nSPS) is 10.8. The molecule has 0 aliphatic rings. The largest absolute Gasteiger partial charge is 0.478 e. The van der Waals surface area contributed by atoms with Gasteiger partial charge < -0.3 is 9.52 Å². The van der Waals surface area contributed by atoms with Gasteiger partial charge in [-0.3, -0.25) is 10.1 Å². The van der Waals surface area contributed by atoms with Crippen LogP contribution in [0.2, 0.25) is 5.02 Å². The van der Waals surface area contributed by atoms with Gasteiger partial charge in [-0.25, -0.2) is 4.79 Å². The number of rotatable bonds is 4. The molecule has 6 nitrogen and oxygen atoms in total. The zero-order valence-corrected chi connectivity index (χ0v) is 10.7. The van der Waals surface area contributed by atoms with Gasteiger partial charge in [0.15, 0.2) is 0 Å². The topological polar surface area (TPSA) is 93.6 Å². The second-order valence-corrected chi connectivity index (χ2v) is 4.23. The van der Waals surface area contributed by atoms with E-state index in [0.717, 1.165) is 6.08 Å². The molecule has 2 aromatic rings. The van der Waals surface area contributed by atoms with E-state index in [2.05, 4.69) is 0 Å². The fraction of sp³-hybridized carbons (Fsp3) is 0. The van der Waals surface area contributed by atoms with Gasteiger partial charge in [0.2, 0.25) is 0 Å². The lowest BCUT2D eigenvalue weighted by Crippen LogP contribution is -1.91. The van der Waals surface area contributed by atoms with Crippen LogP contribution in [-0.2, 0) is 4.79 Å². The van der Waals surface area contributed by atoms with E-state index in [0.29, 0.717) is 0 Å². The van der Waals surface area contributed by atoms with Crippen LogP contribution in [0.15, 0.2) is 40.8 Å². The third kappa shape index (κ3) is 3.04. The van der Waals surface area contributed by atoms with Crippen LogP contribution in [0, 0.1) is 10.1 Å². The monoisotopic (exact) mass is 293 g/mol. The molecule has 0 unspecified atom stereocenters. The smallest absolute Gasteiger partial charge is 0.328 e. The quantitative estimate of drug-likeness (QED) is 0.528. The molecule has 1 heterocycles. The van der Waals surface area contributed by atoms with Crippen LogP contribution in [0.5, 0.6) is 0 Å². The standard InChI is InChI=1S/C13H8ClNO5/c14-8-1-4-10(11(7-8)15(18)19)12-5-2-9(20-12)3-6-13(16)17/h1-7H,(H,16,17). The molecule has 20 heavy (non-hydrogen) atoms. The minimum Gasteiger partial charge on any atom is -0.478 e. The summed E-state index contributed by atoms with van der Waals surface area (Å²) < 4.78 is 5.35. The molecule has 0 bridgehead atoms. The molecule has 0 aliphatic carbocycles. The molecular weight excluding hydrogens is 286 g/mol. The molecule has 0 aliphatic heterocycles. The second-order valence-electron chi connectivity index (χ2n) is 3.79. The van der Waals surface area contributed by atoms with E-state index in [4.69, 9.17) is 21.1 Å². The number of furan rings is 1. The molecule has 0 amide bonds. The van der Waals surface area contributed by atoms with Crippen molar-refractivity contribution in [1.82, 2.24) is 0 Å². The van der Waals surface area contributed by atoms with Crippen LogP contribution < -0.4 is 0 Å². The fourth-order valence-electron chi connectivity index (χ4n) is 1.60. The predicted molar refractivity (Wildman–Crippen MR) is 72.5 cm³/mol. The SMILES string of the molecule is O=C(O)C=Cc1ccc(-c2ccc(Cl)cc2[N+](=O)[O-])o1. The van der Waals surface area contributed by atoms with Crippen molar-refractivity contribution in [3.63, 3.8) is 0 Å². The molecule has 102 valence electrons.